The SMILES string of the molecule is Cc1nnc(SCC(=O)NC(C)c2ccc3c(c2)CCCC3)n1N. The van der Waals surface area contributed by atoms with E-state index in [4.69, 9.17) is 5.84 Å². The number of thioether (sulfide) groups is 1. The Kier molecular flexibility index (Phi) is 5.08. The van der Waals surface area contributed by atoms with Gasteiger partial charge in [0.2, 0.25) is 11.1 Å². The summed E-state index contributed by atoms with van der Waals surface area (Å²) >= 11 is 1.29. The van der Waals surface area contributed by atoms with Crippen LogP contribution < -0.4 is 11.2 Å². The van der Waals surface area contributed by atoms with Gasteiger partial charge in [-0.05, 0) is 56.2 Å². The Bertz CT molecular complexity index is 743. The maximum Gasteiger partial charge on any atom is 0.230 e. The first-order chi connectivity index (χ1) is 11.5. The second-order valence-electron chi connectivity index (χ2n) is 6.21. The van der Waals surface area contributed by atoms with E-state index in [1.165, 1.54) is 46.8 Å². The number of hydrogen-bond acceptors (Lipinski definition) is 5. The van der Waals surface area contributed by atoms with Gasteiger partial charge in [0.1, 0.15) is 5.82 Å². The highest BCUT2D eigenvalue weighted by molar-refractivity contribution is 7.99. The van der Waals surface area contributed by atoms with E-state index in [1.54, 1.807) is 6.92 Å². The average molecular weight is 345 g/mol. The molecule has 1 atom stereocenters. The normalized spacial score (nSPS) is 14.9. The summed E-state index contributed by atoms with van der Waals surface area (Å²) in [6.07, 6.45) is 4.85. The molecule has 0 saturated carbocycles. The van der Waals surface area contributed by atoms with E-state index in [0.717, 1.165) is 12.0 Å². The van der Waals surface area contributed by atoms with Crippen LogP contribution in [0.3, 0.4) is 0 Å². The Morgan fingerprint density at radius 1 is 1.33 bits per heavy atom. The molecule has 0 spiro atoms. The molecule has 0 saturated heterocycles. The number of carbonyl (C=O) groups excluding carboxylic acids is 1. The lowest BCUT2D eigenvalue weighted by atomic mass is 9.89. The van der Waals surface area contributed by atoms with Gasteiger partial charge in [-0.15, -0.1) is 10.2 Å². The molecule has 0 radical (unpaired) electrons. The Balaban J connectivity index is 1.57. The largest absolute Gasteiger partial charge is 0.349 e. The number of amides is 1. The molecule has 2 aromatic rings. The zero-order valence-electron chi connectivity index (χ0n) is 14.1. The number of nitrogens with two attached hydrogens (primary N) is 1. The highest BCUT2D eigenvalue weighted by Gasteiger charge is 2.15. The quantitative estimate of drug-likeness (QED) is 0.640. The third-order valence-electron chi connectivity index (χ3n) is 4.42. The second kappa shape index (κ2) is 7.25. The van der Waals surface area contributed by atoms with Crippen molar-refractivity contribution in [1.29, 1.82) is 0 Å². The fourth-order valence-corrected chi connectivity index (χ4v) is 3.68. The van der Waals surface area contributed by atoms with Gasteiger partial charge in [-0.25, -0.2) is 4.68 Å². The van der Waals surface area contributed by atoms with Crippen molar-refractivity contribution in [1.82, 2.24) is 20.2 Å². The van der Waals surface area contributed by atoms with Gasteiger partial charge >= 0.3 is 0 Å². The predicted molar refractivity (Wildman–Crippen MR) is 95.3 cm³/mol. The molecule has 0 bridgehead atoms. The van der Waals surface area contributed by atoms with E-state index in [0.29, 0.717) is 11.0 Å². The zero-order valence-corrected chi connectivity index (χ0v) is 14.9. The van der Waals surface area contributed by atoms with Crippen molar-refractivity contribution < 1.29 is 4.79 Å². The predicted octanol–water partition coefficient (Wildman–Crippen LogP) is 2.15. The van der Waals surface area contributed by atoms with E-state index >= 15 is 0 Å². The summed E-state index contributed by atoms with van der Waals surface area (Å²) in [5, 5.41) is 11.4. The van der Waals surface area contributed by atoms with Crippen molar-refractivity contribution in [3.8, 4) is 0 Å². The lowest BCUT2D eigenvalue weighted by Crippen LogP contribution is -2.28. The number of nitrogen functional groups attached to an aromatic ring is 1. The number of rotatable bonds is 5. The molecule has 0 aliphatic heterocycles. The molecule has 1 amide bonds. The van der Waals surface area contributed by atoms with Gasteiger partial charge in [-0.3, -0.25) is 4.79 Å². The van der Waals surface area contributed by atoms with Crippen LogP contribution in [0.15, 0.2) is 23.4 Å². The standard InChI is InChI=1S/C17H23N5OS/c1-11(14-8-7-13-5-3-4-6-15(13)9-14)19-16(23)10-24-17-21-20-12(2)22(17)18/h7-9,11H,3-6,10,18H2,1-2H3,(H,19,23). The first-order valence-corrected chi connectivity index (χ1v) is 9.24. The number of aryl methyl sites for hydroxylation is 3. The fraction of sp³-hybridized carbons (Fsp3) is 0.471. The first kappa shape index (κ1) is 16.8. The smallest absolute Gasteiger partial charge is 0.230 e. The Morgan fingerprint density at radius 3 is 2.79 bits per heavy atom. The van der Waals surface area contributed by atoms with Crippen molar-refractivity contribution in [3.63, 3.8) is 0 Å². The molecule has 1 aromatic heterocycles. The van der Waals surface area contributed by atoms with Crippen molar-refractivity contribution >= 4 is 17.7 Å². The highest BCUT2D eigenvalue weighted by atomic mass is 32.2. The fourth-order valence-electron chi connectivity index (χ4n) is 2.97. The van der Waals surface area contributed by atoms with Gasteiger partial charge in [0.25, 0.3) is 0 Å². The maximum absolute atomic E-state index is 12.2. The molecule has 1 aromatic carbocycles. The van der Waals surface area contributed by atoms with Crippen LogP contribution in [0.4, 0.5) is 0 Å². The highest BCUT2D eigenvalue weighted by Crippen LogP contribution is 2.25. The third-order valence-corrected chi connectivity index (χ3v) is 5.36. The van der Waals surface area contributed by atoms with Gasteiger partial charge in [-0.2, -0.15) is 0 Å². The average Bonchev–Trinajstić information content (AvgIpc) is 2.91. The maximum atomic E-state index is 12.2. The monoisotopic (exact) mass is 345 g/mol. The molecule has 7 heteroatoms. The molecule has 24 heavy (non-hydrogen) atoms. The Hall–Kier alpha value is -2.02. The van der Waals surface area contributed by atoms with E-state index < -0.39 is 0 Å². The van der Waals surface area contributed by atoms with E-state index in [-0.39, 0.29) is 17.7 Å². The second-order valence-corrected chi connectivity index (χ2v) is 7.16. The molecule has 6 nitrogen and oxygen atoms in total. The van der Waals surface area contributed by atoms with Crippen LogP contribution in [-0.4, -0.2) is 26.5 Å². The number of carbonyl (C=O) groups is 1. The summed E-state index contributed by atoms with van der Waals surface area (Å²) in [6.45, 7) is 3.79. The Morgan fingerprint density at radius 2 is 2.08 bits per heavy atom. The summed E-state index contributed by atoms with van der Waals surface area (Å²) in [5.74, 6) is 6.64. The first-order valence-electron chi connectivity index (χ1n) is 8.25. The summed E-state index contributed by atoms with van der Waals surface area (Å²) < 4.78 is 1.39. The van der Waals surface area contributed by atoms with Crippen molar-refractivity contribution in [2.45, 2.75) is 50.7 Å². The number of benzene rings is 1. The van der Waals surface area contributed by atoms with E-state index in [1.807, 2.05) is 6.92 Å². The summed E-state index contributed by atoms with van der Waals surface area (Å²) in [4.78, 5) is 12.2. The molecule has 1 heterocycles. The van der Waals surface area contributed by atoms with Crippen LogP contribution in [0, 0.1) is 6.92 Å². The molecule has 0 fully saturated rings. The molecule has 128 valence electrons. The topological polar surface area (TPSA) is 85.8 Å². The number of aromatic nitrogens is 3. The van der Waals surface area contributed by atoms with E-state index in [2.05, 4.69) is 33.7 Å². The minimum absolute atomic E-state index is 0.0113. The van der Waals surface area contributed by atoms with Crippen LogP contribution in [0.25, 0.3) is 0 Å². The minimum atomic E-state index is -0.0362. The number of hydrogen-bond donors (Lipinski definition) is 2. The molecular weight excluding hydrogens is 322 g/mol. The molecule has 3 rings (SSSR count). The van der Waals surface area contributed by atoms with Crippen LogP contribution in [0.2, 0.25) is 0 Å². The minimum Gasteiger partial charge on any atom is -0.349 e. The lowest BCUT2D eigenvalue weighted by Gasteiger charge is -2.20. The van der Waals surface area contributed by atoms with Gasteiger partial charge < -0.3 is 11.2 Å². The van der Waals surface area contributed by atoms with Crippen molar-refractivity contribution in [3.05, 3.63) is 40.7 Å². The molecular formula is C17H23N5OS. The summed E-state index contributed by atoms with van der Waals surface area (Å²) in [7, 11) is 0. The molecule has 1 aliphatic carbocycles. The van der Waals surface area contributed by atoms with Gasteiger partial charge in [-0.1, -0.05) is 30.0 Å². The molecule has 3 N–H and O–H groups in total. The van der Waals surface area contributed by atoms with Gasteiger partial charge in [0, 0.05) is 0 Å². The summed E-state index contributed by atoms with van der Waals surface area (Å²) in [6, 6.07) is 6.57. The molecule has 1 unspecified atom stereocenters. The van der Waals surface area contributed by atoms with Crippen LogP contribution in [0.5, 0.6) is 0 Å². The van der Waals surface area contributed by atoms with Crippen LogP contribution in [-0.2, 0) is 17.6 Å². The molecule has 1 aliphatic rings. The van der Waals surface area contributed by atoms with Crippen molar-refractivity contribution in [2.75, 3.05) is 11.6 Å². The number of fused-ring (bicyclic) bond motifs is 1. The van der Waals surface area contributed by atoms with Crippen LogP contribution >= 0.6 is 11.8 Å². The van der Waals surface area contributed by atoms with Gasteiger partial charge in [0.05, 0.1) is 11.8 Å². The van der Waals surface area contributed by atoms with Crippen molar-refractivity contribution in [2.24, 2.45) is 0 Å². The number of nitrogens with one attached hydrogen (secondary N) is 1. The Labute approximate surface area is 146 Å². The third kappa shape index (κ3) is 3.72. The lowest BCUT2D eigenvalue weighted by molar-refractivity contribution is -0.119. The van der Waals surface area contributed by atoms with Crippen LogP contribution in [0.1, 0.15) is 48.3 Å². The number of nitrogens with zero attached hydrogens (tertiary/aromatic N) is 3. The van der Waals surface area contributed by atoms with E-state index in [9.17, 15) is 4.79 Å². The zero-order chi connectivity index (χ0) is 17.1. The summed E-state index contributed by atoms with van der Waals surface area (Å²) in [5.41, 5.74) is 4.05. The van der Waals surface area contributed by atoms with Gasteiger partial charge in [0.15, 0.2) is 0 Å².